The molecule has 2 aromatic carbocycles. The minimum absolute atomic E-state index is 0.00473. The Morgan fingerprint density at radius 2 is 1.58 bits per heavy atom. The third-order valence-corrected chi connectivity index (χ3v) is 6.97. The predicted molar refractivity (Wildman–Crippen MR) is 102 cm³/mol. The van der Waals surface area contributed by atoms with Gasteiger partial charge in [-0.3, -0.25) is 0 Å². The highest BCUT2D eigenvalue weighted by molar-refractivity contribution is 7.91. The summed E-state index contributed by atoms with van der Waals surface area (Å²) < 4.78 is 55.2. The van der Waals surface area contributed by atoms with Crippen molar-refractivity contribution in [3.63, 3.8) is 0 Å². The van der Waals surface area contributed by atoms with Gasteiger partial charge in [0.25, 0.3) is 0 Å². The van der Waals surface area contributed by atoms with Crippen LogP contribution in [0.1, 0.15) is 42.9 Å². The Hall–Kier alpha value is -1.86. The van der Waals surface area contributed by atoms with Crippen molar-refractivity contribution < 1.29 is 21.0 Å². The van der Waals surface area contributed by atoms with E-state index in [0.717, 1.165) is 18.2 Å². The largest absolute Gasteiger partial charge is 0.379 e. The molecule has 142 valence electrons. The molecule has 0 aromatic heterocycles. The van der Waals surface area contributed by atoms with Gasteiger partial charge in [0.1, 0.15) is 10.6 Å². The molecule has 0 saturated heterocycles. The van der Waals surface area contributed by atoms with Gasteiger partial charge in [-0.2, -0.15) is 8.42 Å². The summed E-state index contributed by atoms with van der Waals surface area (Å²) in [6.07, 6.45) is 1.90. The monoisotopic (exact) mass is 396 g/mol. The van der Waals surface area contributed by atoms with Gasteiger partial charge in [0.15, 0.2) is 9.84 Å². The zero-order valence-electron chi connectivity index (χ0n) is 15.6. The number of rotatable bonds is 6. The van der Waals surface area contributed by atoms with Crippen LogP contribution in [-0.2, 0) is 20.0 Å². The lowest BCUT2D eigenvalue weighted by Gasteiger charge is -2.17. The van der Waals surface area contributed by atoms with Crippen molar-refractivity contribution in [2.24, 2.45) is 0 Å². The van der Waals surface area contributed by atoms with Crippen molar-refractivity contribution in [2.75, 3.05) is 6.26 Å². The van der Waals surface area contributed by atoms with Crippen LogP contribution < -0.4 is 4.18 Å². The van der Waals surface area contributed by atoms with E-state index in [-0.39, 0.29) is 27.0 Å². The molecule has 2 rings (SSSR count). The van der Waals surface area contributed by atoms with Crippen molar-refractivity contribution in [3.05, 3.63) is 53.1 Å². The maximum atomic E-state index is 12.9. The average molecular weight is 397 g/mol. The molecule has 0 N–H and O–H groups in total. The van der Waals surface area contributed by atoms with Gasteiger partial charge in [0.2, 0.25) is 0 Å². The van der Waals surface area contributed by atoms with E-state index in [0.29, 0.717) is 5.56 Å². The first-order valence-electron chi connectivity index (χ1n) is 8.32. The maximum Gasteiger partial charge on any atom is 0.339 e. The quantitative estimate of drug-likeness (QED) is 0.690. The molecular formula is C19H24O5S2. The van der Waals surface area contributed by atoms with Crippen molar-refractivity contribution in [1.82, 2.24) is 0 Å². The number of para-hydroxylation sites is 1. The van der Waals surface area contributed by atoms with E-state index >= 15 is 0 Å². The van der Waals surface area contributed by atoms with Gasteiger partial charge in [-0.05, 0) is 61.1 Å². The fourth-order valence-corrected chi connectivity index (χ4v) is 5.21. The Bertz CT molecular complexity index is 1020. The standard InChI is InChI=1S/C19H24O5S2/c1-6-14(3)16-9-7-8-10-17(16)24-26(22,23)19-12-13(2)11-18(15(19)4)25(5,20)21/h7-12,14H,6H2,1-5H3. The molecule has 0 heterocycles. The highest BCUT2D eigenvalue weighted by atomic mass is 32.2. The Morgan fingerprint density at radius 1 is 1.00 bits per heavy atom. The summed E-state index contributed by atoms with van der Waals surface area (Å²) in [5.74, 6) is 0.398. The molecule has 0 aliphatic heterocycles. The molecule has 5 nitrogen and oxygen atoms in total. The summed E-state index contributed by atoms with van der Waals surface area (Å²) >= 11 is 0. The molecule has 0 aliphatic rings. The number of aryl methyl sites for hydroxylation is 1. The minimum atomic E-state index is -4.18. The van der Waals surface area contributed by atoms with E-state index < -0.39 is 20.0 Å². The van der Waals surface area contributed by atoms with Crippen LogP contribution >= 0.6 is 0 Å². The maximum absolute atomic E-state index is 12.9. The van der Waals surface area contributed by atoms with Crippen LogP contribution in [0.3, 0.4) is 0 Å². The van der Waals surface area contributed by atoms with Crippen LogP contribution in [0.15, 0.2) is 46.2 Å². The predicted octanol–water partition coefficient (Wildman–Crippen LogP) is 3.99. The lowest BCUT2D eigenvalue weighted by molar-refractivity contribution is 0.478. The van der Waals surface area contributed by atoms with Crippen LogP contribution in [0.5, 0.6) is 5.75 Å². The van der Waals surface area contributed by atoms with Gasteiger partial charge >= 0.3 is 10.1 Å². The topological polar surface area (TPSA) is 77.5 Å². The van der Waals surface area contributed by atoms with E-state index in [9.17, 15) is 16.8 Å². The van der Waals surface area contributed by atoms with E-state index in [1.807, 2.05) is 26.0 Å². The molecule has 0 aliphatic carbocycles. The first kappa shape index (κ1) is 20.5. The Kier molecular flexibility index (Phi) is 5.82. The number of hydrogen-bond donors (Lipinski definition) is 0. The molecule has 0 spiro atoms. The second-order valence-electron chi connectivity index (χ2n) is 6.54. The number of hydrogen-bond acceptors (Lipinski definition) is 5. The van der Waals surface area contributed by atoms with Gasteiger partial charge in [0.05, 0.1) is 4.90 Å². The molecular weight excluding hydrogens is 372 g/mol. The highest BCUT2D eigenvalue weighted by Gasteiger charge is 2.26. The molecule has 1 unspecified atom stereocenters. The molecule has 1 atom stereocenters. The molecule has 2 aromatic rings. The van der Waals surface area contributed by atoms with Crippen molar-refractivity contribution in [3.8, 4) is 5.75 Å². The summed E-state index contributed by atoms with van der Waals surface area (Å²) in [6.45, 7) is 7.14. The van der Waals surface area contributed by atoms with Crippen LogP contribution in [0.2, 0.25) is 0 Å². The van der Waals surface area contributed by atoms with Crippen LogP contribution in [-0.4, -0.2) is 23.1 Å². The third-order valence-electron chi connectivity index (χ3n) is 4.39. The van der Waals surface area contributed by atoms with Crippen LogP contribution in [0.25, 0.3) is 0 Å². The highest BCUT2D eigenvalue weighted by Crippen LogP contribution is 2.32. The number of benzene rings is 2. The van der Waals surface area contributed by atoms with Gasteiger partial charge in [-0.1, -0.05) is 32.0 Å². The van der Waals surface area contributed by atoms with Crippen molar-refractivity contribution in [2.45, 2.75) is 49.8 Å². The first-order chi connectivity index (χ1) is 12.0. The first-order valence-corrected chi connectivity index (χ1v) is 11.6. The average Bonchev–Trinajstić information content (AvgIpc) is 2.55. The van der Waals surface area contributed by atoms with Crippen molar-refractivity contribution in [1.29, 1.82) is 0 Å². The smallest absolute Gasteiger partial charge is 0.339 e. The van der Waals surface area contributed by atoms with Gasteiger partial charge in [0, 0.05) is 6.26 Å². The Balaban J connectivity index is 2.59. The van der Waals surface area contributed by atoms with Crippen LogP contribution in [0, 0.1) is 13.8 Å². The molecule has 0 fully saturated rings. The minimum Gasteiger partial charge on any atom is -0.379 e. The number of sulfone groups is 1. The van der Waals surface area contributed by atoms with Gasteiger partial charge < -0.3 is 4.18 Å². The zero-order chi connectivity index (χ0) is 19.7. The molecule has 0 saturated carbocycles. The normalized spacial score (nSPS) is 13.4. The summed E-state index contributed by atoms with van der Waals surface area (Å²) in [6, 6.07) is 9.90. The molecule has 0 radical (unpaired) electrons. The summed E-state index contributed by atoms with van der Waals surface area (Å²) in [5.41, 5.74) is 1.50. The van der Waals surface area contributed by atoms with E-state index in [2.05, 4.69) is 0 Å². The Labute approximate surface area is 156 Å². The summed E-state index contributed by atoms with van der Waals surface area (Å²) in [4.78, 5) is -0.133. The Morgan fingerprint density at radius 3 is 2.15 bits per heavy atom. The second kappa shape index (κ2) is 7.40. The van der Waals surface area contributed by atoms with Crippen LogP contribution in [0.4, 0.5) is 0 Å². The van der Waals surface area contributed by atoms with Gasteiger partial charge in [-0.25, -0.2) is 8.42 Å². The van der Waals surface area contributed by atoms with Gasteiger partial charge in [-0.15, -0.1) is 0 Å². The summed E-state index contributed by atoms with van der Waals surface area (Å²) in [7, 11) is -7.74. The second-order valence-corrected chi connectivity index (χ2v) is 10.0. The molecule has 7 heteroatoms. The zero-order valence-corrected chi connectivity index (χ0v) is 17.2. The lowest BCUT2D eigenvalue weighted by Crippen LogP contribution is -2.15. The van der Waals surface area contributed by atoms with E-state index in [4.69, 9.17) is 4.18 Å². The third kappa shape index (κ3) is 4.27. The molecule has 0 amide bonds. The van der Waals surface area contributed by atoms with E-state index in [1.165, 1.54) is 19.1 Å². The lowest BCUT2D eigenvalue weighted by atomic mass is 9.98. The molecule has 0 bridgehead atoms. The fraction of sp³-hybridized carbons (Fsp3) is 0.368. The van der Waals surface area contributed by atoms with Crippen molar-refractivity contribution >= 4 is 20.0 Å². The summed E-state index contributed by atoms with van der Waals surface area (Å²) in [5, 5.41) is 0. The SMILES string of the molecule is CCC(C)c1ccccc1OS(=O)(=O)c1cc(C)cc(S(C)(=O)=O)c1C. The van der Waals surface area contributed by atoms with E-state index in [1.54, 1.807) is 19.1 Å². The molecule has 26 heavy (non-hydrogen) atoms. The fourth-order valence-electron chi connectivity index (χ4n) is 2.78.